The van der Waals surface area contributed by atoms with Gasteiger partial charge < -0.3 is 15.0 Å². The number of amides is 2. The van der Waals surface area contributed by atoms with Crippen LogP contribution in [0, 0.1) is 6.92 Å². The van der Waals surface area contributed by atoms with Crippen LogP contribution in [-0.2, 0) is 26.2 Å². The molecule has 3 aromatic rings. The molecule has 0 spiro atoms. The molecule has 1 atom stereocenters. The fraction of sp³-hybridized carbons (Fsp3) is 0.333. The van der Waals surface area contributed by atoms with Crippen molar-refractivity contribution in [3.8, 4) is 5.75 Å². The van der Waals surface area contributed by atoms with Gasteiger partial charge >= 0.3 is 0 Å². The summed E-state index contributed by atoms with van der Waals surface area (Å²) < 4.78 is 34.0. The van der Waals surface area contributed by atoms with Crippen molar-refractivity contribution in [1.29, 1.82) is 0 Å². The summed E-state index contributed by atoms with van der Waals surface area (Å²) in [5, 5.41) is 2.93. The quantitative estimate of drug-likeness (QED) is 0.399. The Kier molecular flexibility index (Phi) is 9.40. The van der Waals surface area contributed by atoms with E-state index < -0.39 is 34.1 Å². The van der Waals surface area contributed by atoms with Gasteiger partial charge in [0.25, 0.3) is 10.0 Å². The van der Waals surface area contributed by atoms with Crippen molar-refractivity contribution < 1.29 is 22.7 Å². The molecule has 0 fully saturated rings. The minimum Gasteiger partial charge on any atom is -0.497 e. The van der Waals surface area contributed by atoms with Crippen molar-refractivity contribution in [3.05, 3.63) is 90.0 Å². The van der Waals surface area contributed by atoms with Crippen LogP contribution in [0.1, 0.15) is 38.8 Å². The van der Waals surface area contributed by atoms with Crippen molar-refractivity contribution >= 4 is 27.5 Å². The molecule has 3 rings (SSSR count). The van der Waals surface area contributed by atoms with Gasteiger partial charge in [-0.2, -0.15) is 0 Å². The van der Waals surface area contributed by atoms with Gasteiger partial charge in [0.1, 0.15) is 18.3 Å². The Morgan fingerprint density at radius 3 is 2.21 bits per heavy atom. The monoisotopic (exact) mass is 551 g/mol. The highest BCUT2D eigenvalue weighted by atomic mass is 32.2. The van der Waals surface area contributed by atoms with Crippen LogP contribution in [0.25, 0.3) is 0 Å². The molecule has 0 radical (unpaired) electrons. The summed E-state index contributed by atoms with van der Waals surface area (Å²) in [5.41, 5.74) is 1.58. The number of carbonyl (C=O) groups excluding carboxylic acids is 2. The summed E-state index contributed by atoms with van der Waals surface area (Å²) >= 11 is 0. The van der Waals surface area contributed by atoms with Crippen LogP contribution < -0.4 is 14.4 Å². The zero-order valence-corrected chi connectivity index (χ0v) is 24.2. The molecule has 0 saturated heterocycles. The summed E-state index contributed by atoms with van der Waals surface area (Å²) in [6, 6.07) is 21.2. The van der Waals surface area contributed by atoms with E-state index in [1.807, 2.05) is 52.0 Å². The topological polar surface area (TPSA) is 96.0 Å². The second kappa shape index (κ2) is 12.3. The third kappa shape index (κ3) is 7.60. The number of carbonyl (C=O) groups is 2. The fourth-order valence-corrected chi connectivity index (χ4v) is 5.47. The van der Waals surface area contributed by atoms with Gasteiger partial charge in [0.2, 0.25) is 11.8 Å². The maximum Gasteiger partial charge on any atom is 0.264 e. The lowest BCUT2D eigenvalue weighted by Crippen LogP contribution is -2.54. The van der Waals surface area contributed by atoms with Crippen LogP contribution in [-0.4, -0.2) is 50.4 Å². The number of sulfonamides is 1. The molecule has 0 aliphatic rings. The zero-order chi connectivity index (χ0) is 28.8. The first-order valence-corrected chi connectivity index (χ1v) is 14.2. The predicted molar refractivity (Wildman–Crippen MR) is 153 cm³/mol. The number of ether oxygens (including phenoxy) is 1. The molecule has 0 aromatic heterocycles. The normalized spacial score (nSPS) is 12.4. The standard InChI is InChI=1S/C30H37N3O5S/c1-22-13-10-11-14-24(22)20-32(23(2)29(35)31-30(3,4)5)28(34)21-33(25-15-12-16-26(19-25)38-6)39(36,37)27-17-8-7-9-18-27/h7-19,23H,20-21H2,1-6H3,(H,31,35). The lowest BCUT2D eigenvalue weighted by molar-refractivity contribution is -0.140. The van der Waals surface area contributed by atoms with E-state index in [2.05, 4.69) is 5.32 Å². The molecule has 3 aromatic carbocycles. The first kappa shape index (κ1) is 29.7. The second-order valence-electron chi connectivity index (χ2n) is 10.4. The molecule has 0 bridgehead atoms. The van der Waals surface area contributed by atoms with Crippen molar-refractivity contribution in [2.45, 2.75) is 57.6 Å². The van der Waals surface area contributed by atoms with Gasteiger partial charge in [-0.3, -0.25) is 13.9 Å². The van der Waals surface area contributed by atoms with E-state index in [-0.39, 0.29) is 23.0 Å². The minimum atomic E-state index is -4.13. The molecule has 208 valence electrons. The van der Waals surface area contributed by atoms with E-state index in [9.17, 15) is 18.0 Å². The van der Waals surface area contributed by atoms with Crippen molar-refractivity contribution in [1.82, 2.24) is 10.2 Å². The smallest absolute Gasteiger partial charge is 0.264 e. The molecule has 8 nitrogen and oxygen atoms in total. The van der Waals surface area contributed by atoms with Gasteiger partial charge in [-0.1, -0.05) is 48.5 Å². The van der Waals surface area contributed by atoms with E-state index in [0.717, 1.165) is 15.4 Å². The van der Waals surface area contributed by atoms with Crippen LogP contribution in [0.15, 0.2) is 83.8 Å². The number of hydrogen-bond donors (Lipinski definition) is 1. The number of nitrogens with one attached hydrogen (secondary N) is 1. The van der Waals surface area contributed by atoms with Gasteiger partial charge in [-0.25, -0.2) is 8.42 Å². The Morgan fingerprint density at radius 2 is 1.59 bits per heavy atom. The van der Waals surface area contributed by atoms with Gasteiger partial charge in [-0.15, -0.1) is 0 Å². The molecule has 0 saturated carbocycles. The summed E-state index contributed by atoms with van der Waals surface area (Å²) in [6.07, 6.45) is 0. The maximum atomic E-state index is 14.0. The Morgan fingerprint density at radius 1 is 0.949 bits per heavy atom. The van der Waals surface area contributed by atoms with Crippen LogP contribution >= 0.6 is 0 Å². The number of anilines is 1. The minimum absolute atomic E-state index is 0.0459. The molecule has 39 heavy (non-hydrogen) atoms. The summed E-state index contributed by atoms with van der Waals surface area (Å²) in [7, 11) is -2.65. The molecule has 0 aliphatic heterocycles. The number of aryl methyl sites for hydroxylation is 1. The molecular formula is C30H37N3O5S. The largest absolute Gasteiger partial charge is 0.497 e. The SMILES string of the molecule is COc1cccc(N(CC(=O)N(Cc2ccccc2C)C(C)C(=O)NC(C)(C)C)S(=O)(=O)c2ccccc2)c1. The molecule has 2 amide bonds. The molecule has 0 aliphatic carbocycles. The summed E-state index contributed by atoms with van der Waals surface area (Å²) in [4.78, 5) is 28.7. The van der Waals surface area contributed by atoms with Gasteiger partial charge in [0, 0.05) is 18.2 Å². The fourth-order valence-electron chi connectivity index (χ4n) is 4.04. The Balaban J connectivity index is 2.06. The summed E-state index contributed by atoms with van der Waals surface area (Å²) in [5.74, 6) is -0.400. The number of methoxy groups -OCH3 is 1. The lowest BCUT2D eigenvalue weighted by atomic mass is 10.1. The van der Waals surface area contributed by atoms with Gasteiger partial charge in [0.15, 0.2) is 0 Å². The lowest BCUT2D eigenvalue weighted by Gasteiger charge is -2.33. The first-order chi connectivity index (χ1) is 18.3. The third-order valence-corrected chi connectivity index (χ3v) is 8.01. The molecule has 9 heteroatoms. The summed E-state index contributed by atoms with van der Waals surface area (Å²) in [6.45, 7) is 8.80. The average Bonchev–Trinajstić information content (AvgIpc) is 2.90. The zero-order valence-electron chi connectivity index (χ0n) is 23.3. The van der Waals surface area contributed by atoms with E-state index >= 15 is 0 Å². The van der Waals surface area contributed by atoms with Crippen LogP contribution in [0.5, 0.6) is 5.75 Å². The van der Waals surface area contributed by atoms with E-state index in [4.69, 9.17) is 4.74 Å². The number of benzene rings is 3. The third-order valence-electron chi connectivity index (χ3n) is 6.22. The van der Waals surface area contributed by atoms with Crippen molar-refractivity contribution in [3.63, 3.8) is 0 Å². The highest BCUT2D eigenvalue weighted by Gasteiger charge is 2.33. The van der Waals surface area contributed by atoms with Crippen LogP contribution in [0.2, 0.25) is 0 Å². The Hall–Kier alpha value is -3.85. The predicted octanol–water partition coefficient (Wildman–Crippen LogP) is 4.53. The van der Waals surface area contributed by atoms with Crippen LogP contribution in [0.4, 0.5) is 5.69 Å². The van der Waals surface area contributed by atoms with E-state index in [0.29, 0.717) is 5.75 Å². The number of rotatable bonds is 10. The molecule has 0 heterocycles. The average molecular weight is 552 g/mol. The molecule has 1 unspecified atom stereocenters. The van der Waals surface area contributed by atoms with Gasteiger partial charge in [0.05, 0.1) is 17.7 Å². The van der Waals surface area contributed by atoms with Gasteiger partial charge in [-0.05, 0) is 70.0 Å². The maximum absolute atomic E-state index is 14.0. The first-order valence-electron chi connectivity index (χ1n) is 12.7. The Labute approximate surface area is 231 Å². The highest BCUT2D eigenvalue weighted by molar-refractivity contribution is 7.92. The van der Waals surface area contributed by atoms with Crippen molar-refractivity contribution in [2.24, 2.45) is 0 Å². The van der Waals surface area contributed by atoms with Crippen molar-refractivity contribution in [2.75, 3.05) is 18.0 Å². The van der Waals surface area contributed by atoms with E-state index in [1.54, 1.807) is 49.4 Å². The molecular weight excluding hydrogens is 514 g/mol. The second-order valence-corrected chi connectivity index (χ2v) is 12.3. The highest BCUT2D eigenvalue weighted by Crippen LogP contribution is 2.27. The van der Waals surface area contributed by atoms with E-state index in [1.165, 1.54) is 24.1 Å². The van der Waals surface area contributed by atoms with Crippen LogP contribution in [0.3, 0.4) is 0 Å². The molecule has 1 N–H and O–H groups in total. The number of hydrogen-bond acceptors (Lipinski definition) is 5. The number of nitrogens with zero attached hydrogens (tertiary/aromatic N) is 2. The Bertz CT molecular complexity index is 1400.